The first-order valence-electron chi connectivity index (χ1n) is 12.7. The Morgan fingerprint density at radius 3 is 1.71 bits per heavy atom. The molecular formula is C24H48N2Na2O9S. The van der Waals surface area contributed by atoms with Crippen molar-refractivity contribution >= 4 is 28.0 Å². The molecule has 0 aromatic heterocycles. The Labute approximate surface area is 275 Å². The smallest absolute Gasteiger partial charge is 1.00 e. The second-order valence-electron chi connectivity index (χ2n) is 8.47. The largest absolute Gasteiger partial charge is 1.00 e. The van der Waals surface area contributed by atoms with Crippen LogP contribution in [-0.4, -0.2) is 64.5 Å². The zero-order valence-corrected chi connectivity index (χ0v) is 28.3. The maximum absolute atomic E-state index is 11.4. The normalized spacial score (nSPS) is 11.4. The molecule has 6 N–H and O–H groups in total. The third-order valence-electron chi connectivity index (χ3n) is 5.13. The van der Waals surface area contributed by atoms with Crippen molar-refractivity contribution in [1.29, 1.82) is 0 Å². The van der Waals surface area contributed by atoms with Gasteiger partial charge in [0, 0.05) is 13.0 Å². The van der Waals surface area contributed by atoms with Gasteiger partial charge in [-0.15, -0.1) is 0 Å². The molecule has 0 saturated carbocycles. The fourth-order valence-corrected chi connectivity index (χ4v) is 3.72. The minimum Gasteiger partial charge on any atom is -1.00 e. The molecule has 0 aromatic carbocycles. The van der Waals surface area contributed by atoms with E-state index in [1.54, 1.807) is 0 Å². The number of amides is 1. The van der Waals surface area contributed by atoms with Crippen LogP contribution in [0.25, 0.3) is 0 Å². The number of aliphatic hydroxyl groups is 1. The van der Waals surface area contributed by atoms with Gasteiger partial charge < -0.3 is 18.2 Å². The van der Waals surface area contributed by atoms with E-state index in [0.29, 0.717) is 13.0 Å². The number of hydrogen-bond donors (Lipinski definition) is 6. The minimum absolute atomic E-state index is 0. The Bertz CT molecular complexity index is 735. The van der Waals surface area contributed by atoms with Crippen LogP contribution in [0.3, 0.4) is 0 Å². The Morgan fingerprint density at radius 2 is 1.32 bits per heavy atom. The molecular weight excluding hydrogens is 538 g/mol. The number of aliphatic carboxylic acids is 2. The molecule has 0 fully saturated rings. The van der Waals surface area contributed by atoms with E-state index in [-0.39, 0.29) is 74.5 Å². The van der Waals surface area contributed by atoms with E-state index in [0.717, 1.165) is 12.8 Å². The number of allylic oxidation sites excluding steroid dienone is 2. The van der Waals surface area contributed by atoms with Gasteiger partial charge in [-0.05, 0) is 32.1 Å². The van der Waals surface area contributed by atoms with Crippen LogP contribution >= 0.6 is 0 Å². The van der Waals surface area contributed by atoms with Crippen LogP contribution in [0.5, 0.6) is 0 Å². The van der Waals surface area contributed by atoms with Gasteiger partial charge >= 0.3 is 71.1 Å². The number of unbranched alkanes of at least 4 members (excludes halogenated alkanes) is 11. The molecule has 1 unspecified atom stereocenters. The number of aliphatic hydroxyl groups excluding tert-OH is 1. The van der Waals surface area contributed by atoms with E-state index in [1.807, 2.05) is 0 Å². The predicted molar refractivity (Wildman–Crippen MR) is 140 cm³/mol. The second kappa shape index (κ2) is 31.5. The van der Waals surface area contributed by atoms with Gasteiger partial charge in [-0.1, -0.05) is 70.4 Å². The summed E-state index contributed by atoms with van der Waals surface area (Å²) in [5.41, 5.74) is 5.25. The number of rotatable bonds is 22. The van der Waals surface area contributed by atoms with Crippen molar-refractivity contribution in [2.45, 2.75) is 108 Å². The number of hydrogen-bond acceptors (Lipinski definition) is 7. The summed E-state index contributed by atoms with van der Waals surface area (Å²) in [5.74, 6) is -3.49. The zero-order chi connectivity index (χ0) is 27.7. The number of carboxylic acid groups (broad SMARTS) is 2. The number of hydrazine groups is 1. The number of carboxylic acids is 2. The maximum atomic E-state index is 11.4. The molecule has 11 nitrogen and oxygen atoms in total. The minimum atomic E-state index is -4.84. The molecule has 0 bridgehead atoms. The molecule has 0 rings (SSSR count). The molecule has 0 radical (unpaired) electrons. The molecule has 1 atom stereocenters. The van der Waals surface area contributed by atoms with Gasteiger partial charge in [0.25, 0.3) is 10.1 Å². The fourth-order valence-electron chi connectivity index (χ4n) is 3.11. The summed E-state index contributed by atoms with van der Waals surface area (Å²) in [6.45, 7) is 2.70. The van der Waals surface area contributed by atoms with Crippen LogP contribution in [0.4, 0.5) is 0 Å². The van der Waals surface area contributed by atoms with Crippen molar-refractivity contribution in [1.82, 2.24) is 10.9 Å². The summed E-state index contributed by atoms with van der Waals surface area (Å²) in [5, 5.41) is 22.5. The van der Waals surface area contributed by atoms with E-state index >= 15 is 0 Å². The van der Waals surface area contributed by atoms with Gasteiger partial charge in [0.1, 0.15) is 0 Å². The van der Waals surface area contributed by atoms with Crippen LogP contribution in [0.15, 0.2) is 12.2 Å². The van der Waals surface area contributed by atoms with Crippen molar-refractivity contribution in [2.75, 3.05) is 13.2 Å². The van der Waals surface area contributed by atoms with E-state index in [4.69, 9.17) is 19.9 Å². The third-order valence-corrected chi connectivity index (χ3v) is 6.21. The first-order valence-corrected chi connectivity index (χ1v) is 14.2. The molecule has 38 heavy (non-hydrogen) atoms. The van der Waals surface area contributed by atoms with Gasteiger partial charge in [0.05, 0.1) is 13.0 Å². The Kier molecular flexibility index (Phi) is 37.3. The summed E-state index contributed by atoms with van der Waals surface area (Å²) in [6, 6.07) is 0. The first kappa shape index (κ1) is 45.0. The average molecular weight is 587 g/mol. The molecule has 0 aliphatic carbocycles. The van der Waals surface area contributed by atoms with Gasteiger partial charge in [0.2, 0.25) is 5.91 Å². The standard InChI is InChI=1S/C20H40N2O2.C4H6O7S.2Na.2H/c1-2-3-4-5-6-7-8-9-10-11-12-13-14-15-16-17-20(24)22-21-18-19-23;5-3(6)1-2(4(7)8)12(9,10)11;;;;/h9-10,21,23H,2-8,11-19H2,1H3,(H,22,24);2H,1H2,(H,5,6)(H,7,8)(H,9,10,11);;;;/q;;2*+1;2*-1/b10-9-;;;;;. The van der Waals surface area contributed by atoms with Crippen molar-refractivity contribution in [3.05, 3.63) is 12.2 Å². The number of carbonyl (C=O) groups is 3. The Balaban J connectivity index is -0.000000156. The van der Waals surface area contributed by atoms with E-state index < -0.39 is 33.7 Å². The van der Waals surface area contributed by atoms with E-state index in [9.17, 15) is 22.8 Å². The predicted octanol–water partition coefficient (Wildman–Crippen LogP) is -2.33. The Morgan fingerprint density at radius 1 is 0.842 bits per heavy atom. The summed E-state index contributed by atoms with van der Waals surface area (Å²) >= 11 is 0. The van der Waals surface area contributed by atoms with Gasteiger partial charge in [-0.2, -0.15) is 8.42 Å². The van der Waals surface area contributed by atoms with Gasteiger partial charge in [0.15, 0.2) is 5.25 Å². The summed E-state index contributed by atoms with van der Waals surface area (Å²) in [6.07, 6.45) is 20.6. The molecule has 0 heterocycles. The molecule has 0 spiro atoms. The van der Waals surface area contributed by atoms with Crippen LogP contribution in [0.2, 0.25) is 0 Å². The van der Waals surface area contributed by atoms with Crippen molar-refractivity contribution in [3.63, 3.8) is 0 Å². The van der Waals surface area contributed by atoms with Gasteiger partial charge in [-0.25, -0.2) is 5.43 Å². The van der Waals surface area contributed by atoms with Crippen molar-refractivity contribution < 1.29 is 105 Å². The Hall–Kier alpha value is -0.0200. The third kappa shape index (κ3) is 34.0. The zero-order valence-electron chi connectivity index (χ0n) is 25.5. The van der Waals surface area contributed by atoms with E-state index in [1.165, 1.54) is 70.6 Å². The quantitative estimate of drug-likeness (QED) is 0.0264. The molecule has 216 valence electrons. The van der Waals surface area contributed by atoms with Crippen molar-refractivity contribution in [2.24, 2.45) is 0 Å². The molecule has 0 aromatic rings. The summed E-state index contributed by atoms with van der Waals surface area (Å²) in [4.78, 5) is 31.4. The molecule has 0 saturated heterocycles. The molecule has 1 amide bonds. The molecule has 0 aliphatic heterocycles. The summed E-state index contributed by atoms with van der Waals surface area (Å²) < 4.78 is 28.7. The average Bonchev–Trinajstić information content (AvgIpc) is 2.79. The fraction of sp³-hybridized carbons (Fsp3) is 0.792. The van der Waals surface area contributed by atoms with E-state index in [2.05, 4.69) is 29.9 Å². The van der Waals surface area contributed by atoms with Crippen LogP contribution in [0, 0.1) is 0 Å². The van der Waals surface area contributed by atoms with Gasteiger partial charge in [-0.3, -0.25) is 24.4 Å². The van der Waals surface area contributed by atoms with Crippen molar-refractivity contribution in [3.8, 4) is 0 Å². The molecule has 14 heteroatoms. The number of nitrogens with one attached hydrogen (secondary N) is 2. The molecule has 0 aliphatic rings. The SMILES string of the molecule is CCCCCCCC/C=C\CCCCCCCC(=O)NNCCO.O=C(O)CC(C(=O)O)S(=O)(=O)O.[H-].[H-].[Na+].[Na+]. The number of carbonyl (C=O) groups excluding carboxylic acids is 1. The second-order valence-corrected chi connectivity index (χ2v) is 10.1. The monoisotopic (exact) mass is 586 g/mol. The van der Waals surface area contributed by atoms with Crippen LogP contribution in [-0.2, 0) is 24.5 Å². The van der Waals surface area contributed by atoms with Crippen LogP contribution < -0.4 is 70.0 Å². The topological polar surface area (TPSA) is 190 Å². The van der Waals surface area contributed by atoms with Crippen LogP contribution in [0.1, 0.15) is 106 Å². The first-order chi connectivity index (χ1) is 17.1. The summed E-state index contributed by atoms with van der Waals surface area (Å²) in [7, 11) is -4.84. The maximum Gasteiger partial charge on any atom is 1.00 e.